The number of nitrogens with one attached hydrogen (secondary N) is 1. The number of ether oxygens (including phenoxy) is 1. The van der Waals surface area contributed by atoms with Gasteiger partial charge in [-0.3, -0.25) is 4.79 Å². The summed E-state index contributed by atoms with van der Waals surface area (Å²) in [5, 5.41) is 19.4. The Morgan fingerprint density at radius 2 is 2.35 bits per heavy atom. The lowest BCUT2D eigenvalue weighted by molar-refractivity contribution is -0.114. The summed E-state index contributed by atoms with van der Waals surface area (Å²) in [7, 11) is 1.53. The monoisotopic (exact) mass is 271 g/mol. The predicted octanol–water partition coefficient (Wildman–Crippen LogP) is 1.24. The molecular formula is C13H13N5O2. The summed E-state index contributed by atoms with van der Waals surface area (Å²) in [6.45, 7) is 1.66. The van der Waals surface area contributed by atoms with E-state index in [1.807, 2.05) is 6.07 Å². The SMILES string of the molecule is COCc1c(C#N)nnn1-c1cccc(NC(C)=O)c1. The van der Waals surface area contributed by atoms with Gasteiger partial charge in [0.15, 0.2) is 5.69 Å². The van der Waals surface area contributed by atoms with Crippen molar-refractivity contribution >= 4 is 11.6 Å². The molecule has 0 aliphatic heterocycles. The molecule has 1 amide bonds. The molecule has 0 aliphatic carbocycles. The molecule has 1 aromatic heterocycles. The molecule has 1 aromatic carbocycles. The van der Waals surface area contributed by atoms with Gasteiger partial charge in [0.2, 0.25) is 5.91 Å². The first-order chi connectivity index (χ1) is 9.65. The fourth-order valence-electron chi connectivity index (χ4n) is 1.78. The van der Waals surface area contributed by atoms with Crippen molar-refractivity contribution in [3.05, 3.63) is 35.7 Å². The zero-order valence-electron chi connectivity index (χ0n) is 11.1. The standard InChI is InChI=1S/C13H13N5O2/c1-9(19)15-10-4-3-5-11(6-10)18-13(8-20-2)12(7-14)16-17-18/h3-6H,8H2,1-2H3,(H,15,19). The molecule has 0 saturated carbocycles. The molecule has 0 radical (unpaired) electrons. The van der Waals surface area contributed by atoms with E-state index in [1.165, 1.54) is 18.7 Å². The fraction of sp³-hybridized carbons (Fsp3) is 0.231. The van der Waals surface area contributed by atoms with Gasteiger partial charge in [-0.15, -0.1) is 5.10 Å². The molecule has 0 fully saturated rings. The lowest BCUT2D eigenvalue weighted by atomic mass is 10.2. The van der Waals surface area contributed by atoms with Crippen molar-refractivity contribution in [2.24, 2.45) is 0 Å². The number of aromatic nitrogens is 3. The van der Waals surface area contributed by atoms with Crippen molar-refractivity contribution in [2.45, 2.75) is 13.5 Å². The molecule has 0 spiro atoms. The van der Waals surface area contributed by atoms with Crippen LogP contribution in [0.4, 0.5) is 5.69 Å². The largest absolute Gasteiger partial charge is 0.378 e. The minimum Gasteiger partial charge on any atom is -0.378 e. The van der Waals surface area contributed by atoms with Crippen LogP contribution in [0.25, 0.3) is 5.69 Å². The van der Waals surface area contributed by atoms with E-state index in [0.717, 1.165) is 0 Å². The molecule has 0 aliphatic rings. The Labute approximate surface area is 115 Å². The van der Waals surface area contributed by atoms with Gasteiger partial charge in [-0.2, -0.15) is 5.26 Å². The Hall–Kier alpha value is -2.72. The summed E-state index contributed by atoms with van der Waals surface area (Å²) >= 11 is 0. The maximum Gasteiger partial charge on any atom is 0.221 e. The number of hydrogen-bond acceptors (Lipinski definition) is 5. The zero-order chi connectivity index (χ0) is 14.5. The van der Waals surface area contributed by atoms with Crippen molar-refractivity contribution < 1.29 is 9.53 Å². The predicted molar refractivity (Wildman–Crippen MR) is 71.1 cm³/mol. The van der Waals surface area contributed by atoms with Crippen LogP contribution in [0.3, 0.4) is 0 Å². The number of methoxy groups -OCH3 is 1. The molecule has 20 heavy (non-hydrogen) atoms. The van der Waals surface area contributed by atoms with Crippen LogP contribution in [0.5, 0.6) is 0 Å². The number of hydrogen-bond donors (Lipinski definition) is 1. The highest BCUT2D eigenvalue weighted by Crippen LogP contribution is 2.17. The fourth-order valence-corrected chi connectivity index (χ4v) is 1.78. The average molecular weight is 271 g/mol. The van der Waals surface area contributed by atoms with E-state index in [0.29, 0.717) is 17.1 Å². The van der Waals surface area contributed by atoms with Gasteiger partial charge >= 0.3 is 0 Å². The lowest BCUT2D eigenvalue weighted by Gasteiger charge is -2.08. The highest BCUT2D eigenvalue weighted by atomic mass is 16.5. The molecular weight excluding hydrogens is 258 g/mol. The van der Waals surface area contributed by atoms with E-state index in [1.54, 1.807) is 24.3 Å². The smallest absolute Gasteiger partial charge is 0.221 e. The van der Waals surface area contributed by atoms with Crippen LogP contribution in [-0.4, -0.2) is 28.0 Å². The van der Waals surface area contributed by atoms with Crippen molar-refractivity contribution in [3.8, 4) is 11.8 Å². The highest BCUT2D eigenvalue weighted by Gasteiger charge is 2.14. The molecule has 7 nitrogen and oxygen atoms in total. The summed E-state index contributed by atoms with van der Waals surface area (Å²) in [6, 6.07) is 9.08. The third-order valence-corrected chi connectivity index (χ3v) is 2.56. The summed E-state index contributed by atoms with van der Waals surface area (Å²) in [5.74, 6) is -0.157. The number of nitriles is 1. The third-order valence-electron chi connectivity index (χ3n) is 2.56. The zero-order valence-corrected chi connectivity index (χ0v) is 11.1. The van der Waals surface area contributed by atoms with Crippen LogP contribution in [0, 0.1) is 11.3 Å². The van der Waals surface area contributed by atoms with Gasteiger partial charge in [0.05, 0.1) is 12.3 Å². The maximum atomic E-state index is 11.1. The summed E-state index contributed by atoms with van der Waals surface area (Å²) in [4.78, 5) is 11.1. The van der Waals surface area contributed by atoms with Crippen LogP contribution >= 0.6 is 0 Å². The molecule has 0 atom stereocenters. The van der Waals surface area contributed by atoms with Gasteiger partial charge in [-0.1, -0.05) is 11.3 Å². The lowest BCUT2D eigenvalue weighted by Crippen LogP contribution is -2.08. The van der Waals surface area contributed by atoms with Gasteiger partial charge in [-0.05, 0) is 18.2 Å². The van der Waals surface area contributed by atoms with Crippen molar-refractivity contribution in [1.82, 2.24) is 15.0 Å². The van der Waals surface area contributed by atoms with E-state index in [-0.39, 0.29) is 18.2 Å². The molecule has 1 N–H and O–H groups in total. The maximum absolute atomic E-state index is 11.1. The summed E-state index contributed by atoms with van der Waals surface area (Å²) < 4.78 is 6.59. The Balaban J connectivity index is 2.43. The van der Waals surface area contributed by atoms with Crippen LogP contribution in [-0.2, 0) is 16.1 Å². The van der Waals surface area contributed by atoms with Crippen LogP contribution in [0.1, 0.15) is 18.3 Å². The number of carbonyl (C=O) groups excluding carboxylic acids is 1. The number of carbonyl (C=O) groups is 1. The first-order valence-corrected chi connectivity index (χ1v) is 5.87. The normalized spacial score (nSPS) is 10.1. The van der Waals surface area contributed by atoms with Crippen molar-refractivity contribution in [1.29, 1.82) is 5.26 Å². The second-order valence-corrected chi connectivity index (χ2v) is 4.07. The number of benzene rings is 1. The minimum absolute atomic E-state index is 0.157. The van der Waals surface area contributed by atoms with E-state index >= 15 is 0 Å². The molecule has 0 unspecified atom stereocenters. The summed E-state index contributed by atoms with van der Waals surface area (Å²) in [5.41, 5.74) is 2.12. The van der Waals surface area contributed by atoms with E-state index in [9.17, 15) is 4.79 Å². The number of amides is 1. The third kappa shape index (κ3) is 2.81. The number of nitrogens with zero attached hydrogens (tertiary/aromatic N) is 4. The Bertz CT molecular complexity index is 672. The van der Waals surface area contributed by atoms with Gasteiger partial charge in [-0.25, -0.2) is 4.68 Å². The molecule has 7 heteroatoms. The van der Waals surface area contributed by atoms with Gasteiger partial charge in [0, 0.05) is 19.7 Å². The minimum atomic E-state index is -0.157. The van der Waals surface area contributed by atoms with Crippen LogP contribution in [0.2, 0.25) is 0 Å². The Kier molecular flexibility index (Phi) is 4.08. The quantitative estimate of drug-likeness (QED) is 0.903. The molecule has 102 valence electrons. The highest BCUT2D eigenvalue weighted by molar-refractivity contribution is 5.88. The number of rotatable bonds is 4. The molecule has 0 bridgehead atoms. The summed E-state index contributed by atoms with van der Waals surface area (Å²) in [6.07, 6.45) is 0. The van der Waals surface area contributed by atoms with Gasteiger partial charge < -0.3 is 10.1 Å². The van der Waals surface area contributed by atoms with E-state index in [4.69, 9.17) is 10.00 Å². The average Bonchev–Trinajstić information content (AvgIpc) is 2.82. The number of anilines is 1. The molecule has 1 heterocycles. The van der Waals surface area contributed by atoms with Gasteiger partial charge in [0.25, 0.3) is 0 Å². The topological polar surface area (TPSA) is 92.8 Å². The first kappa shape index (κ1) is 13.7. The van der Waals surface area contributed by atoms with E-state index < -0.39 is 0 Å². The van der Waals surface area contributed by atoms with Crippen molar-refractivity contribution in [2.75, 3.05) is 12.4 Å². The van der Waals surface area contributed by atoms with Crippen molar-refractivity contribution in [3.63, 3.8) is 0 Å². The molecule has 2 rings (SSSR count). The second-order valence-electron chi connectivity index (χ2n) is 4.07. The first-order valence-electron chi connectivity index (χ1n) is 5.87. The van der Waals surface area contributed by atoms with Gasteiger partial charge in [0.1, 0.15) is 11.8 Å². The van der Waals surface area contributed by atoms with Crippen LogP contribution in [0.15, 0.2) is 24.3 Å². The molecule has 0 saturated heterocycles. The Morgan fingerprint density at radius 1 is 1.55 bits per heavy atom. The van der Waals surface area contributed by atoms with E-state index in [2.05, 4.69) is 15.6 Å². The second kappa shape index (κ2) is 5.95. The molecule has 2 aromatic rings. The Morgan fingerprint density at radius 3 is 3.00 bits per heavy atom. The van der Waals surface area contributed by atoms with Crippen LogP contribution < -0.4 is 5.32 Å².